The van der Waals surface area contributed by atoms with E-state index in [1.807, 2.05) is 6.07 Å². The molecule has 1 rings (SSSR count). The molecule has 0 spiro atoms. The molecule has 0 radical (unpaired) electrons. The van der Waals surface area contributed by atoms with E-state index in [-0.39, 0.29) is 17.6 Å². The number of nitrogens with one attached hydrogen (secondary N) is 1. The van der Waals surface area contributed by atoms with Crippen LogP contribution in [0.5, 0.6) is 0 Å². The summed E-state index contributed by atoms with van der Waals surface area (Å²) in [6.45, 7) is 2.01. The number of nitriles is 1. The molecule has 1 heterocycles. The van der Waals surface area contributed by atoms with Crippen LogP contribution >= 0.6 is 0 Å². The molecule has 0 amide bonds. The van der Waals surface area contributed by atoms with Crippen molar-refractivity contribution in [3.63, 3.8) is 0 Å². The zero-order valence-corrected chi connectivity index (χ0v) is 10.9. The van der Waals surface area contributed by atoms with Crippen LogP contribution in [0, 0.1) is 17.2 Å². The van der Waals surface area contributed by atoms with Gasteiger partial charge >= 0.3 is 6.18 Å². The Morgan fingerprint density at radius 2 is 2.11 bits per heavy atom. The van der Waals surface area contributed by atoms with Crippen LogP contribution in [0.25, 0.3) is 0 Å². The molecule has 1 aromatic heterocycles. The lowest BCUT2D eigenvalue weighted by atomic mass is 10.2. The molecule has 1 N–H and O–H groups in total. The Kier molecular flexibility index (Phi) is 4.59. The van der Waals surface area contributed by atoms with Crippen LogP contribution in [0.2, 0.25) is 0 Å². The Hall–Kier alpha value is -1.97. The number of nitrogens with zero attached hydrogens (tertiary/aromatic N) is 3. The number of hydrogen-bond donors (Lipinski definition) is 1. The highest BCUT2D eigenvalue weighted by Crippen LogP contribution is 2.32. The van der Waals surface area contributed by atoms with Gasteiger partial charge in [0.05, 0.1) is 17.6 Å². The van der Waals surface area contributed by atoms with Crippen LogP contribution in [-0.2, 0) is 6.18 Å². The Labute approximate surface area is 109 Å². The molecular weight excluding hydrogens is 257 g/mol. The largest absolute Gasteiger partial charge is 0.416 e. The van der Waals surface area contributed by atoms with Crippen molar-refractivity contribution in [3.8, 4) is 6.07 Å². The number of halogens is 3. The first kappa shape index (κ1) is 15.1. The molecular formula is C12H15F3N4. The number of rotatable bonds is 4. The van der Waals surface area contributed by atoms with E-state index in [4.69, 9.17) is 5.26 Å². The minimum Gasteiger partial charge on any atom is -0.373 e. The smallest absolute Gasteiger partial charge is 0.373 e. The van der Waals surface area contributed by atoms with Crippen LogP contribution < -0.4 is 10.2 Å². The summed E-state index contributed by atoms with van der Waals surface area (Å²) in [4.78, 5) is 5.59. The zero-order chi connectivity index (χ0) is 14.6. The third-order valence-electron chi connectivity index (χ3n) is 2.55. The average molecular weight is 272 g/mol. The summed E-state index contributed by atoms with van der Waals surface area (Å²) < 4.78 is 38.2. The molecule has 0 fully saturated rings. The summed E-state index contributed by atoms with van der Waals surface area (Å²) in [6.07, 6.45) is -4.43. The maximum atomic E-state index is 12.7. The SMILES string of the molecule is CNc1cc(C(F)(F)F)cc(N(C)CC(C)C#N)n1. The van der Waals surface area contributed by atoms with Gasteiger partial charge < -0.3 is 10.2 Å². The Morgan fingerprint density at radius 3 is 2.58 bits per heavy atom. The van der Waals surface area contributed by atoms with Gasteiger partial charge in [-0.15, -0.1) is 0 Å². The monoisotopic (exact) mass is 272 g/mol. The molecule has 1 aromatic rings. The molecule has 0 aliphatic carbocycles. The van der Waals surface area contributed by atoms with E-state index < -0.39 is 11.7 Å². The molecule has 0 aliphatic heterocycles. The molecule has 7 heteroatoms. The fraction of sp³-hybridized carbons (Fsp3) is 0.500. The molecule has 1 unspecified atom stereocenters. The van der Waals surface area contributed by atoms with Crippen molar-refractivity contribution >= 4 is 11.6 Å². The van der Waals surface area contributed by atoms with Crippen molar-refractivity contribution < 1.29 is 13.2 Å². The first-order valence-electron chi connectivity index (χ1n) is 5.65. The predicted octanol–water partition coefficient (Wildman–Crippen LogP) is 2.74. The summed E-state index contributed by atoms with van der Waals surface area (Å²) in [7, 11) is 3.11. The van der Waals surface area contributed by atoms with Crippen LogP contribution in [0.15, 0.2) is 12.1 Å². The summed E-state index contributed by atoms with van der Waals surface area (Å²) in [5.41, 5.74) is -0.765. The second-order valence-corrected chi connectivity index (χ2v) is 4.26. The number of hydrogen-bond acceptors (Lipinski definition) is 4. The van der Waals surface area contributed by atoms with Gasteiger partial charge in [0.2, 0.25) is 0 Å². The van der Waals surface area contributed by atoms with Gasteiger partial charge in [0.15, 0.2) is 0 Å². The first-order chi connectivity index (χ1) is 8.77. The van der Waals surface area contributed by atoms with Crippen molar-refractivity contribution in [2.75, 3.05) is 30.9 Å². The second kappa shape index (κ2) is 5.78. The van der Waals surface area contributed by atoms with Gasteiger partial charge in [-0.1, -0.05) is 0 Å². The molecule has 19 heavy (non-hydrogen) atoms. The molecule has 0 bridgehead atoms. The van der Waals surface area contributed by atoms with Crippen molar-refractivity contribution in [1.29, 1.82) is 5.26 Å². The summed E-state index contributed by atoms with van der Waals surface area (Å²) in [5, 5.41) is 11.3. The summed E-state index contributed by atoms with van der Waals surface area (Å²) in [5.74, 6) is 0.0296. The third-order valence-corrected chi connectivity index (χ3v) is 2.55. The van der Waals surface area contributed by atoms with E-state index >= 15 is 0 Å². The van der Waals surface area contributed by atoms with Gasteiger partial charge in [0.25, 0.3) is 0 Å². The second-order valence-electron chi connectivity index (χ2n) is 4.26. The Morgan fingerprint density at radius 1 is 1.47 bits per heavy atom. The van der Waals surface area contributed by atoms with Crippen LogP contribution in [0.1, 0.15) is 12.5 Å². The number of anilines is 2. The highest BCUT2D eigenvalue weighted by Gasteiger charge is 2.32. The van der Waals surface area contributed by atoms with Gasteiger partial charge in [-0.05, 0) is 19.1 Å². The maximum absolute atomic E-state index is 12.7. The number of alkyl halides is 3. The molecule has 4 nitrogen and oxygen atoms in total. The molecule has 0 saturated heterocycles. The Bertz CT molecular complexity index is 479. The highest BCUT2D eigenvalue weighted by molar-refractivity contribution is 5.50. The van der Waals surface area contributed by atoms with E-state index in [9.17, 15) is 13.2 Å². The molecule has 0 saturated carbocycles. The fourth-order valence-electron chi connectivity index (χ4n) is 1.55. The Balaban J connectivity index is 3.10. The third kappa shape index (κ3) is 4.02. The summed E-state index contributed by atoms with van der Waals surface area (Å²) >= 11 is 0. The van der Waals surface area contributed by atoms with Crippen molar-refractivity contribution in [3.05, 3.63) is 17.7 Å². The molecule has 0 aromatic carbocycles. The van der Waals surface area contributed by atoms with Gasteiger partial charge in [-0.25, -0.2) is 4.98 Å². The summed E-state index contributed by atoms with van der Waals surface area (Å²) in [6, 6.07) is 3.96. The van der Waals surface area contributed by atoms with Gasteiger partial charge in [-0.3, -0.25) is 0 Å². The maximum Gasteiger partial charge on any atom is 0.416 e. The van der Waals surface area contributed by atoms with Gasteiger partial charge in [0, 0.05) is 20.6 Å². The minimum absolute atomic E-state index is 0.140. The van der Waals surface area contributed by atoms with E-state index in [0.717, 1.165) is 12.1 Å². The van der Waals surface area contributed by atoms with Crippen LogP contribution in [0.4, 0.5) is 24.8 Å². The zero-order valence-electron chi connectivity index (χ0n) is 10.9. The predicted molar refractivity (Wildman–Crippen MR) is 66.8 cm³/mol. The van der Waals surface area contributed by atoms with E-state index in [1.54, 1.807) is 14.0 Å². The number of aromatic nitrogens is 1. The lowest BCUT2D eigenvalue weighted by Crippen LogP contribution is -2.25. The van der Waals surface area contributed by atoms with E-state index in [0.29, 0.717) is 6.54 Å². The van der Waals surface area contributed by atoms with Gasteiger partial charge in [-0.2, -0.15) is 18.4 Å². The van der Waals surface area contributed by atoms with Gasteiger partial charge in [0.1, 0.15) is 11.6 Å². The molecule has 1 atom stereocenters. The van der Waals surface area contributed by atoms with Crippen molar-refractivity contribution in [2.45, 2.75) is 13.1 Å². The van der Waals surface area contributed by atoms with Crippen molar-refractivity contribution in [1.82, 2.24) is 4.98 Å². The lowest BCUT2D eigenvalue weighted by Gasteiger charge is -2.21. The average Bonchev–Trinajstić information content (AvgIpc) is 2.36. The normalized spacial score (nSPS) is 12.7. The first-order valence-corrected chi connectivity index (χ1v) is 5.65. The topological polar surface area (TPSA) is 52.0 Å². The quantitative estimate of drug-likeness (QED) is 0.915. The fourth-order valence-corrected chi connectivity index (χ4v) is 1.55. The molecule has 0 aliphatic rings. The van der Waals surface area contributed by atoms with E-state index in [1.165, 1.54) is 11.9 Å². The number of pyridine rings is 1. The standard InChI is InChI=1S/C12H15F3N4/c1-8(6-16)7-19(3)11-5-9(12(13,14)15)4-10(17-2)18-11/h4-5,8H,7H2,1-3H3,(H,17,18). The van der Waals surface area contributed by atoms with Crippen molar-refractivity contribution in [2.24, 2.45) is 5.92 Å². The lowest BCUT2D eigenvalue weighted by molar-refractivity contribution is -0.137. The highest BCUT2D eigenvalue weighted by atomic mass is 19.4. The van der Waals surface area contributed by atoms with Crippen LogP contribution in [-0.4, -0.2) is 25.6 Å². The van der Waals surface area contributed by atoms with Crippen LogP contribution in [0.3, 0.4) is 0 Å². The molecule has 104 valence electrons. The minimum atomic E-state index is -4.43. The van der Waals surface area contributed by atoms with E-state index in [2.05, 4.69) is 10.3 Å².